The zero-order valence-electron chi connectivity index (χ0n) is 37.3. The van der Waals surface area contributed by atoms with Gasteiger partial charge < -0.3 is 33.8 Å². The van der Waals surface area contributed by atoms with Crippen molar-refractivity contribution in [3.05, 3.63) is 24.3 Å². The number of nitrogens with zero attached hydrogens (tertiary/aromatic N) is 1. The summed E-state index contributed by atoms with van der Waals surface area (Å²) in [5.74, 6) is -2.91. The van der Waals surface area contributed by atoms with E-state index in [1.165, 1.54) is 107 Å². The van der Waals surface area contributed by atoms with Crippen molar-refractivity contribution in [3.8, 4) is 0 Å². The van der Waals surface area contributed by atoms with Crippen molar-refractivity contribution in [1.82, 2.24) is 0 Å². The Kier molecular flexibility index (Phi) is 39.0. The molecule has 0 aliphatic carbocycles. The second-order valence-corrected chi connectivity index (χ2v) is 19.3. The van der Waals surface area contributed by atoms with Crippen LogP contribution in [0.25, 0.3) is 0 Å². The van der Waals surface area contributed by atoms with Gasteiger partial charge in [0.25, 0.3) is 0 Å². The molecule has 0 aliphatic heterocycles. The summed E-state index contributed by atoms with van der Waals surface area (Å²) in [6.07, 6.45) is 39.5. The summed E-state index contributed by atoms with van der Waals surface area (Å²) >= 11 is 0. The van der Waals surface area contributed by atoms with Crippen LogP contribution >= 0.6 is 21.6 Å². The van der Waals surface area contributed by atoms with Gasteiger partial charge in [0, 0.05) is 25.2 Å². The minimum atomic E-state index is -1.43. The van der Waals surface area contributed by atoms with Crippen molar-refractivity contribution >= 4 is 45.5 Å². The van der Waals surface area contributed by atoms with E-state index in [9.17, 15) is 29.4 Å². The number of ether oxygens (including phenoxy) is 2. The van der Waals surface area contributed by atoms with Gasteiger partial charge in [-0.1, -0.05) is 162 Å². The van der Waals surface area contributed by atoms with Gasteiger partial charge in [0.2, 0.25) is 0 Å². The third-order valence-corrected chi connectivity index (χ3v) is 13.0. The predicted octanol–water partition coefficient (Wildman–Crippen LogP) is 10.2. The molecule has 0 N–H and O–H groups in total. The summed E-state index contributed by atoms with van der Waals surface area (Å²) in [4.78, 5) is 47.8. The third-order valence-electron chi connectivity index (χ3n) is 10.3. The maximum atomic E-state index is 12.9. The maximum absolute atomic E-state index is 12.9. The van der Waals surface area contributed by atoms with E-state index in [1.54, 1.807) is 0 Å². The van der Waals surface area contributed by atoms with Gasteiger partial charge in [0.05, 0.1) is 37.6 Å². The van der Waals surface area contributed by atoms with Crippen molar-refractivity contribution < 1.29 is 43.3 Å². The minimum Gasteiger partial charge on any atom is -0.550 e. The van der Waals surface area contributed by atoms with Crippen LogP contribution in [-0.4, -0.2) is 79.3 Å². The first kappa shape index (κ1) is 56.0. The molecule has 0 spiro atoms. The summed E-state index contributed by atoms with van der Waals surface area (Å²) < 4.78 is 12.0. The normalized spacial score (nSPS) is 13.0. The molecule has 0 saturated carbocycles. The van der Waals surface area contributed by atoms with Crippen molar-refractivity contribution in [2.24, 2.45) is 0 Å². The molecule has 2 atom stereocenters. The van der Waals surface area contributed by atoms with Gasteiger partial charge in [0.1, 0.15) is 13.2 Å². The van der Waals surface area contributed by atoms with Crippen molar-refractivity contribution in [2.45, 2.75) is 211 Å². The molecule has 0 aromatic heterocycles. The molecule has 0 aromatic carbocycles. The van der Waals surface area contributed by atoms with Crippen LogP contribution in [0, 0.1) is 0 Å². The maximum Gasteiger partial charge on any atom is 0.306 e. The lowest BCUT2D eigenvalue weighted by Crippen LogP contribution is -2.49. The molecule has 58 heavy (non-hydrogen) atoms. The van der Waals surface area contributed by atoms with Crippen LogP contribution in [0.15, 0.2) is 24.3 Å². The number of likely N-dealkylation sites (N-methyl/N-ethyl adjacent to an activating group) is 1. The summed E-state index contributed by atoms with van der Waals surface area (Å²) in [6, 6.07) is 0. The van der Waals surface area contributed by atoms with Gasteiger partial charge in [-0.3, -0.25) is 9.59 Å². The quantitative estimate of drug-likeness (QED) is 0.0192. The van der Waals surface area contributed by atoms with Crippen LogP contribution in [0.3, 0.4) is 0 Å². The molecule has 0 saturated heterocycles. The highest BCUT2D eigenvalue weighted by Crippen LogP contribution is 2.29. The lowest BCUT2D eigenvalue weighted by atomic mass is 10.1. The lowest BCUT2D eigenvalue weighted by Gasteiger charge is -2.33. The van der Waals surface area contributed by atoms with Crippen LogP contribution in [0.1, 0.15) is 200 Å². The largest absolute Gasteiger partial charge is 0.550 e. The number of quaternary nitrogens is 1. The molecule has 11 heteroatoms. The molecule has 0 fully saturated rings. The summed E-state index contributed by atoms with van der Waals surface area (Å²) in [5.41, 5.74) is 0. The molecule has 0 radical (unpaired) electrons. The van der Waals surface area contributed by atoms with E-state index < -0.39 is 29.7 Å². The van der Waals surface area contributed by atoms with E-state index in [1.807, 2.05) is 14.1 Å². The fourth-order valence-corrected chi connectivity index (χ4v) is 9.23. The Hall–Kier alpha value is -1.98. The molecule has 338 valence electrons. The average molecular weight is 855 g/mol. The van der Waals surface area contributed by atoms with E-state index in [4.69, 9.17) is 9.47 Å². The number of rotatable bonds is 43. The molecular weight excluding hydrogens is 771 g/mol. The van der Waals surface area contributed by atoms with Gasteiger partial charge in [0.15, 0.2) is 6.10 Å². The molecule has 0 rings (SSSR count). The van der Waals surface area contributed by atoms with Crippen molar-refractivity contribution in [2.75, 3.05) is 39.5 Å². The van der Waals surface area contributed by atoms with E-state index in [-0.39, 0.29) is 18.5 Å². The summed E-state index contributed by atoms with van der Waals surface area (Å²) in [6.45, 7) is 5.49. The Bertz CT molecular complexity index is 1080. The number of carboxylic acid groups (broad SMARTS) is 2. The number of carbonyl (C=O) groups excluding carboxylic acids is 4. The number of unbranched alkanes of at least 4 members (excludes halogenated alkanes) is 22. The predicted molar refractivity (Wildman–Crippen MR) is 240 cm³/mol. The second kappa shape index (κ2) is 40.4. The van der Waals surface area contributed by atoms with E-state index in [2.05, 4.69) is 38.2 Å². The highest BCUT2D eigenvalue weighted by Gasteiger charge is 2.27. The molecule has 0 heterocycles. The number of carbonyl (C=O) groups is 4. The Labute approximate surface area is 362 Å². The first-order chi connectivity index (χ1) is 28.0. The number of aliphatic carboxylic acids is 2. The third kappa shape index (κ3) is 39.5. The van der Waals surface area contributed by atoms with E-state index in [0.717, 1.165) is 81.4 Å². The van der Waals surface area contributed by atoms with Crippen LogP contribution in [0.2, 0.25) is 0 Å². The second-order valence-electron chi connectivity index (χ2n) is 16.6. The first-order valence-electron chi connectivity index (χ1n) is 23.2. The minimum absolute atomic E-state index is 0.00996. The highest BCUT2D eigenvalue weighted by molar-refractivity contribution is 8.77. The van der Waals surface area contributed by atoms with Crippen molar-refractivity contribution in [1.29, 1.82) is 0 Å². The number of hydrogen-bond acceptors (Lipinski definition) is 10. The first-order valence-corrected chi connectivity index (χ1v) is 25.5. The Balaban J connectivity index is 4.61. The average Bonchev–Trinajstić information content (AvgIpc) is 3.17. The van der Waals surface area contributed by atoms with Crippen molar-refractivity contribution in [3.63, 3.8) is 0 Å². The van der Waals surface area contributed by atoms with Crippen LogP contribution < -0.4 is 10.2 Å². The molecule has 0 aromatic rings. The monoisotopic (exact) mass is 855 g/mol. The molecular formula is C47H84NO8S2-. The van der Waals surface area contributed by atoms with Crippen LogP contribution in [-0.2, 0) is 28.7 Å². The zero-order valence-corrected chi connectivity index (χ0v) is 39.0. The van der Waals surface area contributed by atoms with Crippen LogP contribution in [0.5, 0.6) is 0 Å². The summed E-state index contributed by atoms with van der Waals surface area (Å²) in [5, 5.41) is 21.0. The Morgan fingerprint density at radius 3 is 1.43 bits per heavy atom. The topological polar surface area (TPSA) is 133 Å². The molecule has 0 bridgehead atoms. The molecule has 0 aliphatic rings. The smallest absolute Gasteiger partial charge is 0.306 e. The molecule has 9 nitrogen and oxygen atoms in total. The fourth-order valence-electron chi connectivity index (χ4n) is 6.67. The van der Waals surface area contributed by atoms with Gasteiger partial charge in [-0.2, -0.15) is 0 Å². The van der Waals surface area contributed by atoms with E-state index in [0.29, 0.717) is 36.2 Å². The Morgan fingerprint density at radius 1 is 0.586 bits per heavy atom. The van der Waals surface area contributed by atoms with Gasteiger partial charge >= 0.3 is 11.9 Å². The molecule has 0 amide bonds. The summed E-state index contributed by atoms with van der Waals surface area (Å²) in [7, 11) is 6.15. The van der Waals surface area contributed by atoms with Gasteiger partial charge in [-0.25, -0.2) is 0 Å². The number of allylic oxidation sites excluding steroid dienone is 4. The number of hydrogen-bond donors (Lipinski definition) is 0. The standard InChI is InChI=1S/C47H85NO8S2/c1-5-7-9-11-13-15-17-19-21-23-25-27-29-31-33-35-45(51)55-41-42(40-48(3,4)37-38-57-58-43(47(53)54)39-44(49)50)56-46(52)36-34-32-30-28-26-24-22-20-18-16-14-12-10-8-6-2/h19-22,42-43H,5-18,23-41H2,1-4H3,(H-,49,50,53,54)/p-1/b21-19-,22-20+. The lowest BCUT2D eigenvalue weighted by molar-refractivity contribution is -0.890. The Morgan fingerprint density at radius 2 is 1.00 bits per heavy atom. The van der Waals surface area contributed by atoms with Gasteiger partial charge in [-0.05, 0) is 64.2 Å². The highest BCUT2D eigenvalue weighted by atomic mass is 33.1. The fraction of sp³-hybridized carbons (Fsp3) is 0.830. The van der Waals surface area contributed by atoms with E-state index >= 15 is 0 Å². The SMILES string of the molecule is CCCCCCCC/C=C\CCCCCCCC(=O)OCC(C[N+](C)(C)CCSSC(CC(=O)[O-])C(=O)[O-])OC(=O)CCCCCCC/C=C/CCCCCCCC. The molecule has 2 unspecified atom stereocenters. The van der Waals surface area contributed by atoms with Crippen LogP contribution in [0.4, 0.5) is 0 Å². The number of esters is 2. The van der Waals surface area contributed by atoms with Gasteiger partial charge in [-0.15, -0.1) is 0 Å². The zero-order chi connectivity index (χ0) is 43.0. The number of carboxylic acids is 2.